The quantitative estimate of drug-likeness (QED) is 0.552. The third-order valence-corrected chi connectivity index (χ3v) is 4.76. The number of ether oxygens (including phenoxy) is 4. The number of aromatic amines is 1. The summed E-state index contributed by atoms with van der Waals surface area (Å²) in [6, 6.07) is 10.5. The smallest absolute Gasteiger partial charge is 0.337 e. The Morgan fingerprint density at radius 1 is 0.933 bits per heavy atom. The molecule has 0 fully saturated rings. The topological polar surface area (TPSA) is 98.9 Å². The number of amides is 1. The number of fused-ring (bicyclic) bond motifs is 1. The van der Waals surface area contributed by atoms with Crippen LogP contribution in [0.5, 0.6) is 17.2 Å². The highest BCUT2D eigenvalue weighted by Gasteiger charge is 2.19. The van der Waals surface area contributed by atoms with E-state index in [0.717, 1.165) is 10.9 Å². The minimum Gasteiger partial charge on any atom is -0.496 e. The molecular formula is C22H24N2O6. The van der Waals surface area contributed by atoms with E-state index in [1.54, 1.807) is 31.4 Å². The summed E-state index contributed by atoms with van der Waals surface area (Å²) in [5.74, 6) is 0.948. The molecule has 0 saturated carbocycles. The Hall–Kier alpha value is -3.68. The number of benzene rings is 2. The molecule has 3 aromatic rings. The summed E-state index contributed by atoms with van der Waals surface area (Å²) in [7, 11) is 5.98. The lowest BCUT2D eigenvalue weighted by molar-refractivity contribution is 0.0600. The van der Waals surface area contributed by atoms with Crippen molar-refractivity contribution in [3.8, 4) is 17.2 Å². The zero-order chi connectivity index (χ0) is 21.7. The van der Waals surface area contributed by atoms with Crippen molar-refractivity contribution in [2.75, 3.05) is 35.0 Å². The van der Waals surface area contributed by atoms with E-state index in [-0.39, 0.29) is 11.9 Å². The van der Waals surface area contributed by atoms with Gasteiger partial charge in [-0.2, -0.15) is 0 Å². The van der Waals surface area contributed by atoms with E-state index in [1.807, 2.05) is 12.1 Å². The second-order valence-electron chi connectivity index (χ2n) is 6.48. The van der Waals surface area contributed by atoms with Gasteiger partial charge in [0.25, 0.3) is 5.91 Å². The molecular weight excluding hydrogens is 388 g/mol. The second-order valence-corrected chi connectivity index (χ2v) is 6.48. The van der Waals surface area contributed by atoms with Gasteiger partial charge in [-0.1, -0.05) is 12.1 Å². The zero-order valence-corrected chi connectivity index (χ0v) is 17.3. The number of carbonyl (C=O) groups is 2. The molecule has 8 heteroatoms. The Morgan fingerprint density at radius 3 is 2.23 bits per heavy atom. The number of aromatic nitrogens is 1. The summed E-state index contributed by atoms with van der Waals surface area (Å²) in [4.78, 5) is 27.2. The minimum absolute atomic E-state index is 0.250. The molecule has 0 saturated heterocycles. The average molecular weight is 412 g/mol. The third-order valence-electron chi connectivity index (χ3n) is 4.76. The summed E-state index contributed by atoms with van der Waals surface area (Å²) in [5.41, 5.74) is 2.49. The number of hydrogen-bond acceptors (Lipinski definition) is 6. The van der Waals surface area contributed by atoms with Crippen LogP contribution in [0.3, 0.4) is 0 Å². The van der Waals surface area contributed by atoms with Crippen LogP contribution in [0.2, 0.25) is 0 Å². The van der Waals surface area contributed by atoms with Gasteiger partial charge >= 0.3 is 5.97 Å². The summed E-state index contributed by atoms with van der Waals surface area (Å²) >= 11 is 0. The van der Waals surface area contributed by atoms with Crippen LogP contribution in [-0.4, -0.2) is 51.8 Å². The first-order valence-electron chi connectivity index (χ1n) is 9.29. The Labute approximate surface area is 174 Å². The van der Waals surface area contributed by atoms with Gasteiger partial charge in [0.05, 0.1) is 39.5 Å². The van der Waals surface area contributed by atoms with Crippen LogP contribution in [0, 0.1) is 0 Å². The average Bonchev–Trinajstić information content (AvgIpc) is 3.23. The van der Waals surface area contributed by atoms with E-state index in [0.29, 0.717) is 47.0 Å². The van der Waals surface area contributed by atoms with E-state index >= 15 is 0 Å². The van der Waals surface area contributed by atoms with E-state index < -0.39 is 0 Å². The number of nitrogens with one attached hydrogen (secondary N) is 2. The molecule has 1 heterocycles. The third kappa shape index (κ3) is 4.17. The van der Waals surface area contributed by atoms with E-state index in [1.165, 1.54) is 21.3 Å². The Kier molecular flexibility index (Phi) is 6.46. The molecule has 8 nitrogen and oxygen atoms in total. The Balaban J connectivity index is 1.72. The SMILES string of the molecule is COC(=O)c1ccc(CCNC(=O)c2cc3c(OC)cc(OC)c(OC)c3[nH]2)cc1. The number of hydrogen-bond donors (Lipinski definition) is 2. The van der Waals surface area contributed by atoms with Gasteiger partial charge in [-0.3, -0.25) is 4.79 Å². The molecule has 158 valence electrons. The van der Waals surface area contributed by atoms with Gasteiger partial charge in [-0.05, 0) is 30.2 Å². The second kappa shape index (κ2) is 9.21. The minimum atomic E-state index is -0.379. The number of carbonyl (C=O) groups excluding carboxylic acids is 2. The first-order valence-corrected chi connectivity index (χ1v) is 9.29. The number of H-pyrrole nitrogens is 1. The fourth-order valence-corrected chi connectivity index (χ4v) is 3.20. The lowest BCUT2D eigenvalue weighted by atomic mass is 10.1. The fourth-order valence-electron chi connectivity index (χ4n) is 3.20. The molecule has 0 unspecified atom stereocenters. The molecule has 30 heavy (non-hydrogen) atoms. The summed E-state index contributed by atoms with van der Waals surface area (Å²) < 4.78 is 20.9. The maximum absolute atomic E-state index is 12.6. The lowest BCUT2D eigenvalue weighted by Gasteiger charge is -2.11. The molecule has 3 rings (SSSR count). The van der Waals surface area contributed by atoms with Crippen molar-refractivity contribution in [1.29, 1.82) is 0 Å². The van der Waals surface area contributed by atoms with E-state index in [2.05, 4.69) is 15.0 Å². The van der Waals surface area contributed by atoms with Crippen molar-refractivity contribution in [3.63, 3.8) is 0 Å². The Morgan fingerprint density at radius 2 is 1.63 bits per heavy atom. The number of rotatable bonds is 8. The molecule has 2 N–H and O–H groups in total. The van der Waals surface area contributed by atoms with Crippen LogP contribution in [0.4, 0.5) is 0 Å². The first kappa shape index (κ1) is 21.0. The first-order chi connectivity index (χ1) is 14.5. The highest BCUT2D eigenvalue weighted by molar-refractivity contribution is 6.02. The molecule has 2 aromatic carbocycles. The van der Waals surface area contributed by atoms with Gasteiger partial charge in [0.15, 0.2) is 11.5 Å². The summed E-state index contributed by atoms with van der Waals surface area (Å²) in [6.07, 6.45) is 0.619. The summed E-state index contributed by atoms with van der Waals surface area (Å²) in [5, 5.41) is 3.61. The van der Waals surface area contributed by atoms with E-state index in [4.69, 9.17) is 14.2 Å². The zero-order valence-electron chi connectivity index (χ0n) is 17.3. The van der Waals surface area contributed by atoms with Gasteiger partial charge in [0.1, 0.15) is 11.4 Å². The highest BCUT2D eigenvalue weighted by atomic mass is 16.5. The predicted molar refractivity (Wildman–Crippen MR) is 112 cm³/mol. The normalized spacial score (nSPS) is 10.5. The van der Waals surface area contributed by atoms with Crippen LogP contribution in [0.15, 0.2) is 36.4 Å². The van der Waals surface area contributed by atoms with Crippen LogP contribution in [0.25, 0.3) is 10.9 Å². The van der Waals surface area contributed by atoms with Crippen LogP contribution >= 0.6 is 0 Å². The molecule has 0 radical (unpaired) electrons. The molecule has 1 aromatic heterocycles. The molecule has 0 atom stereocenters. The van der Waals surface area contributed by atoms with Crippen molar-refractivity contribution >= 4 is 22.8 Å². The van der Waals surface area contributed by atoms with Crippen molar-refractivity contribution in [1.82, 2.24) is 10.3 Å². The lowest BCUT2D eigenvalue weighted by Crippen LogP contribution is -2.25. The van der Waals surface area contributed by atoms with Crippen molar-refractivity contribution < 1.29 is 28.5 Å². The fraction of sp³-hybridized carbons (Fsp3) is 0.273. The maximum atomic E-state index is 12.6. The van der Waals surface area contributed by atoms with Gasteiger partial charge in [-0.25, -0.2) is 4.79 Å². The molecule has 1 amide bonds. The van der Waals surface area contributed by atoms with Gasteiger partial charge in [0.2, 0.25) is 0 Å². The van der Waals surface area contributed by atoms with Gasteiger partial charge in [0, 0.05) is 18.0 Å². The van der Waals surface area contributed by atoms with Crippen molar-refractivity contribution in [2.24, 2.45) is 0 Å². The van der Waals surface area contributed by atoms with Gasteiger partial charge in [-0.15, -0.1) is 0 Å². The highest BCUT2D eigenvalue weighted by Crippen LogP contribution is 2.41. The monoisotopic (exact) mass is 412 g/mol. The largest absolute Gasteiger partial charge is 0.496 e. The summed E-state index contributed by atoms with van der Waals surface area (Å²) in [6.45, 7) is 0.434. The van der Waals surface area contributed by atoms with E-state index in [9.17, 15) is 9.59 Å². The van der Waals surface area contributed by atoms with Gasteiger partial charge < -0.3 is 29.2 Å². The molecule has 0 aliphatic carbocycles. The van der Waals surface area contributed by atoms with Crippen molar-refractivity contribution in [3.05, 3.63) is 53.2 Å². The van der Waals surface area contributed by atoms with Crippen LogP contribution in [-0.2, 0) is 11.2 Å². The maximum Gasteiger partial charge on any atom is 0.337 e. The number of methoxy groups -OCH3 is 4. The standard InChI is InChI=1S/C22H24N2O6/c1-27-17-12-18(28-2)20(29-3)19-15(17)11-16(24-19)21(25)23-10-9-13-5-7-14(8-6-13)22(26)30-4/h5-8,11-12,24H,9-10H2,1-4H3,(H,23,25). The molecule has 0 aliphatic heterocycles. The van der Waals surface area contributed by atoms with Crippen molar-refractivity contribution in [2.45, 2.75) is 6.42 Å². The number of esters is 1. The van der Waals surface area contributed by atoms with Crippen LogP contribution in [0.1, 0.15) is 26.4 Å². The molecule has 0 bridgehead atoms. The Bertz CT molecular complexity index is 1060. The molecule has 0 spiro atoms. The molecule has 0 aliphatic rings. The predicted octanol–water partition coefficient (Wildman–Crippen LogP) is 2.95. The van der Waals surface area contributed by atoms with Crippen LogP contribution < -0.4 is 19.5 Å².